The van der Waals surface area contributed by atoms with Crippen molar-refractivity contribution in [2.45, 2.75) is 13.8 Å². The number of hydrogen-bond donors (Lipinski definition) is 1. The Balaban J connectivity index is 2.90. The molecule has 0 aliphatic heterocycles. The molecule has 48 valence electrons. The van der Waals surface area contributed by atoms with Crippen LogP contribution < -0.4 is 0 Å². The lowest BCUT2D eigenvalue weighted by atomic mass is 10.2. The first-order valence-corrected chi connectivity index (χ1v) is 2.96. The zero-order chi connectivity index (χ0) is 6.69. The van der Waals surface area contributed by atoms with Gasteiger partial charge in [0, 0.05) is 0 Å². The smallest absolute Gasteiger partial charge is 0.0924 e. The van der Waals surface area contributed by atoms with E-state index in [2.05, 4.69) is 9.97 Å². The van der Waals surface area contributed by atoms with Crippen LogP contribution in [0.4, 0.5) is 0 Å². The van der Waals surface area contributed by atoms with Crippen molar-refractivity contribution in [3.8, 4) is 0 Å². The minimum atomic E-state index is 1.09. The molecule has 0 aliphatic carbocycles. The Labute approximate surface area is 54.6 Å². The third-order valence-corrected chi connectivity index (χ3v) is 1.36. The second kappa shape index (κ2) is 2.49. The first-order chi connectivity index (χ1) is 4.34. The van der Waals surface area contributed by atoms with Crippen molar-refractivity contribution in [2.24, 2.45) is 0 Å². The summed E-state index contributed by atoms with van der Waals surface area (Å²) in [5, 5.41) is 0. The normalized spacial score (nSPS) is 12.0. The molecule has 0 unspecified atom stereocenters. The molecule has 9 heavy (non-hydrogen) atoms. The lowest BCUT2D eigenvalue weighted by Gasteiger charge is -1.90. The molecule has 0 saturated carbocycles. The number of aromatic amines is 1. The maximum Gasteiger partial charge on any atom is 0.0924 e. The van der Waals surface area contributed by atoms with Crippen molar-refractivity contribution >= 4 is 5.57 Å². The second-order valence-electron chi connectivity index (χ2n) is 1.94. The third-order valence-electron chi connectivity index (χ3n) is 1.36. The third kappa shape index (κ3) is 1.19. The van der Waals surface area contributed by atoms with Crippen LogP contribution in [0.1, 0.15) is 19.5 Å². The zero-order valence-corrected chi connectivity index (χ0v) is 5.68. The number of allylic oxidation sites excluding steroid dienone is 2. The van der Waals surface area contributed by atoms with E-state index in [1.165, 1.54) is 5.57 Å². The van der Waals surface area contributed by atoms with Gasteiger partial charge in [0.1, 0.15) is 0 Å². The second-order valence-corrected chi connectivity index (χ2v) is 1.94. The summed E-state index contributed by atoms with van der Waals surface area (Å²) in [5.41, 5.74) is 2.32. The molecule has 0 spiro atoms. The molecule has 0 atom stereocenters. The van der Waals surface area contributed by atoms with Crippen molar-refractivity contribution in [2.75, 3.05) is 0 Å². The highest BCUT2D eigenvalue weighted by Crippen LogP contribution is 2.06. The number of hydrogen-bond acceptors (Lipinski definition) is 1. The summed E-state index contributed by atoms with van der Waals surface area (Å²) >= 11 is 0. The molecule has 0 fully saturated rings. The van der Waals surface area contributed by atoms with Crippen molar-refractivity contribution in [3.63, 3.8) is 0 Å². The molecule has 1 N–H and O–H groups in total. The molecule has 0 aromatic carbocycles. The Morgan fingerprint density at radius 1 is 1.78 bits per heavy atom. The molecule has 0 aliphatic rings. The molecule has 1 rings (SSSR count). The van der Waals surface area contributed by atoms with Crippen molar-refractivity contribution in [1.29, 1.82) is 0 Å². The first kappa shape index (κ1) is 6.08. The molecule has 0 saturated heterocycles. The van der Waals surface area contributed by atoms with E-state index in [9.17, 15) is 0 Å². The molecule has 1 aromatic heterocycles. The predicted molar refractivity (Wildman–Crippen MR) is 37.9 cm³/mol. The molecule has 2 nitrogen and oxygen atoms in total. The van der Waals surface area contributed by atoms with E-state index < -0.39 is 0 Å². The van der Waals surface area contributed by atoms with E-state index in [1.54, 1.807) is 6.33 Å². The number of nitrogens with one attached hydrogen (secondary N) is 1. The summed E-state index contributed by atoms with van der Waals surface area (Å²) < 4.78 is 0. The van der Waals surface area contributed by atoms with Gasteiger partial charge in [-0.05, 0) is 19.4 Å². The minimum absolute atomic E-state index is 1.09. The molecule has 0 amide bonds. The van der Waals surface area contributed by atoms with Gasteiger partial charge < -0.3 is 4.98 Å². The maximum atomic E-state index is 3.89. The van der Waals surface area contributed by atoms with Crippen LogP contribution in [0.15, 0.2) is 18.6 Å². The highest BCUT2D eigenvalue weighted by Gasteiger charge is 1.91. The largest absolute Gasteiger partial charge is 0.345 e. The van der Waals surface area contributed by atoms with Crippen LogP contribution in [0.25, 0.3) is 5.57 Å². The number of nitrogens with zero attached hydrogens (tertiary/aromatic N) is 1. The Bertz CT molecular complexity index is 197. The average Bonchev–Trinajstić information content (AvgIpc) is 2.37. The fourth-order valence-electron chi connectivity index (χ4n) is 0.627. The Morgan fingerprint density at radius 3 is 3.00 bits per heavy atom. The highest BCUT2D eigenvalue weighted by atomic mass is 14.9. The number of rotatable bonds is 1. The Hall–Kier alpha value is -1.05. The lowest BCUT2D eigenvalue weighted by Crippen LogP contribution is -1.74. The number of imidazole rings is 1. The fourth-order valence-corrected chi connectivity index (χ4v) is 0.627. The van der Waals surface area contributed by atoms with Crippen LogP contribution in [-0.4, -0.2) is 9.97 Å². The Kier molecular flexibility index (Phi) is 1.68. The number of aromatic nitrogens is 2. The molecule has 0 radical (unpaired) electrons. The summed E-state index contributed by atoms with van der Waals surface area (Å²) in [4.78, 5) is 6.90. The van der Waals surface area contributed by atoms with Gasteiger partial charge in [0.25, 0.3) is 0 Å². The molecule has 1 aromatic rings. The lowest BCUT2D eigenvalue weighted by molar-refractivity contribution is 1.29. The van der Waals surface area contributed by atoms with Crippen LogP contribution in [0.3, 0.4) is 0 Å². The van der Waals surface area contributed by atoms with Crippen LogP contribution in [-0.2, 0) is 0 Å². The maximum absolute atomic E-state index is 3.89. The summed E-state index contributed by atoms with van der Waals surface area (Å²) in [6.07, 6.45) is 5.55. The molecular weight excluding hydrogens is 112 g/mol. The summed E-state index contributed by atoms with van der Waals surface area (Å²) in [5.74, 6) is 0. The topological polar surface area (TPSA) is 28.7 Å². The standard InChI is InChI=1S/C7H10N2/c1-3-6(2)7-4-8-5-9-7/h3-5H,1-2H3,(H,8,9)/b6-3+. The van der Waals surface area contributed by atoms with Crippen molar-refractivity contribution < 1.29 is 0 Å². The van der Waals surface area contributed by atoms with Gasteiger partial charge in [0.15, 0.2) is 0 Å². The van der Waals surface area contributed by atoms with Crippen LogP contribution >= 0.6 is 0 Å². The van der Waals surface area contributed by atoms with Gasteiger partial charge in [0.05, 0.1) is 18.2 Å². The summed E-state index contributed by atoms with van der Waals surface area (Å²) in [6, 6.07) is 0. The van der Waals surface area contributed by atoms with Crippen molar-refractivity contribution in [1.82, 2.24) is 9.97 Å². The average molecular weight is 122 g/mol. The fraction of sp³-hybridized carbons (Fsp3) is 0.286. The molecular formula is C7H10N2. The molecule has 1 heterocycles. The van der Waals surface area contributed by atoms with Crippen molar-refractivity contribution in [3.05, 3.63) is 24.3 Å². The summed E-state index contributed by atoms with van der Waals surface area (Å²) in [7, 11) is 0. The van der Waals surface area contributed by atoms with E-state index >= 15 is 0 Å². The van der Waals surface area contributed by atoms with E-state index in [0.29, 0.717) is 0 Å². The van der Waals surface area contributed by atoms with E-state index in [0.717, 1.165) is 5.69 Å². The van der Waals surface area contributed by atoms with Gasteiger partial charge >= 0.3 is 0 Å². The van der Waals surface area contributed by atoms with Gasteiger partial charge in [-0.25, -0.2) is 4.98 Å². The van der Waals surface area contributed by atoms with Gasteiger partial charge in [-0.2, -0.15) is 0 Å². The van der Waals surface area contributed by atoms with E-state index in [-0.39, 0.29) is 0 Å². The number of H-pyrrole nitrogens is 1. The van der Waals surface area contributed by atoms with Gasteiger partial charge in [-0.15, -0.1) is 0 Å². The molecule has 2 heteroatoms. The van der Waals surface area contributed by atoms with Gasteiger partial charge in [-0.1, -0.05) is 6.08 Å². The van der Waals surface area contributed by atoms with Gasteiger partial charge in [-0.3, -0.25) is 0 Å². The Morgan fingerprint density at radius 2 is 2.56 bits per heavy atom. The van der Waals surface area contributed by atoms with E-state index in [4.69, 9.17) is 0 Å². The van der Waals surface area contributed by atoms with E-state index in [1.807, 2.05) is 26.1 Å². The van der Waals surface area contributed by atoms with Gasteiger partial charge in [0.2, 0.25) is 0 Å². The molecule has 0 bridgehead atoms. The van der Waals surface area contributed by atoms with Crippen LogP contribution in [0, 0.1) is 0 Å². The first-order valence-electron chi connectivity index (χ1n) is 2.96. The quantitative estimate of drug-likeness (QED) is 0.604. The predicted octanol–water partition coefficient (Wildman–Crippen LogP) is 1.83. The monoisotopic (exact) mass is 122 g/mol. The summed E-state index contributed by atoms with van der Waals surface area (Å²) in [6.45, 7) is 4.06. The van der Waals surface area contributed by atoms with Crippen LogP contribution in [0.2, 0.25) is 0 Å². The van der Waals surface area contributed by atoms with Crippen LogP contribution in [0.5, 0.6) is 0 Å². The highest BCUT2D eigenvalue weighted by molar-refractivity contribution is 5.58. The zero-order valence-electron chi connectivity index (χ0n) is 5.68. The minimum Gasteiger partial charge on any atom is -0.345 e. The SMILES string of the molecule is C/C=C(\C)c1cnc[nH]1.